The molecule has 1 aromatic rings. The van der Waals surface area contributed by atoms with Crippen LogP contribution in [-0.4, -0.2) is 69.0 Å². The molecule has 0 saturated carbocycles. The largest absolute Gasteiger partial charge is 0.462 e. The van der Waals surface area contributed by atoms with Crippen LogP contribution in [-0.2, 0) is 44.8 Å². The number of hydrogen-bond donors (Lipinski definition) is 1. The quantitative estimate of drug-likeness (QED) is 0.0219. The molecule has 0 unspecified atom stereocenters. The minimum atomic E-state index is -4.49. The number of esters is 2. The van der Waals surface area contributed by atoms with Gasteiger partial charge in [0.1, 0.15) is 19.0 Å². The summed E-state index contributed by atoms with van der Waals surface area (Å²) >= 11 is 0. The molecule has 0 aromatic carbocycles. The first kappa shape index (κ1) is 57.7. The Bertz CT molecular complexity index is 1410. The van der Waals surface area contributed by atoms with Gasteiger partial charge in [0.15, 0.2) is 6.10 Å². The van der Waals surface area contributed by atoms with E-state index in [1.54, 1.807) is 18.2 Å². The second-order valence-corrected chi connectivity index (χ2v) is 17.9. The number of aryl methyl sites for hydroxylation is 1. The molecule has 1 rings (SSSR count). The first-order chi connectivity index (χ1) is 30.6. The second-order valence-electron chi connectivity index (χ2n) is 16.8. The number of carbonyl (C=O) groups excluding carboxylic acids is 3. The summed E-state index contributed by atoms with van der Waals surface area (Å²) < 4.78 is 51.4. The van der Waals surface area contributed by atoms with Crippen molar-refractivity contribution in [3.63, 3.8) is 0 Å². The molecule has 0 aliphatic rings. The van der Waals surface area contributed by atoms with Crippen molar-refractivity contribution >= 4 is 34.2 Å². The molecule has 0 aliphatic carbocycles. The number of nitrogens with zero attached hydrogens (tertiary/aromatic N) is 2. The maximum Gasteiger partial charge on any atom is 0.415 e. The zero-order valence-electron chi connectivity index (χ0n) is 39.6. The average molecular weight is 907 g/mol. The molecule has 0 fully saturated rings. The van der Waals surface area contributed by atoms with Gasteiger partial charge < -0.3 is 14.2 Å². The summed E-state index contributed by atoms with van der Waals surface area (Å²) in [5, 5.41) is 0. The van der Waals surface area contributed by atoms with E-state index >= 15 is 0 Å². The summed E-state index contributed by atoms with van der Waals surface area (Å²) in [4.78, 5) is 44.4. The Kier molecular flexibility index (Phi) is 36.9. The number of allylic oxidation sites excluding steroid dienone is 4. The van der Waals surface area contributed by atoms with Gasteiger partial charge in [0.05, 0.1) is 6.61 Å². The smallest absolute Gasteiger partial charge is 0.415 e. The first-order valence-corrected chi connectivity index (χ1v) is 26.1. The van der Waals surface area contributed by atoms with E-state index in [4.69, 9.17) is 18.8 Å². The molecule has 12 nitrogen and oxygen atoms in total. The molecule has 1 amide bonds. The number of amides is 1. The molecule has 0 bridgehead atoms. The van der Waals surface area contributed by atoms with Crippen LogP contribution in [0.25, 0.3) is 0 Å². The lowest BCUT2D eigenvalue weighted by Crippen LogP contribution is -2.36. The summed E-state index contributed by atoms with van der Waals surface area (Å²) in [6.45, 7) is 3.84. The van der Waals surface area contributed by atoms with E-state index in [9.17, 15) is 22.8 Å². The van der Waals surface area contributed by atoms with Gasteiger partial charge >= 0.3 is 28.4 Å². The fourth-order valence-electron chi connectivity index (χ4n) is 6.99. The number of carbonyl (C=O) groups is 3. The van der Waals surface area contributed by atoms with Crippen LogP contribution in [0.1, 0.15) is 212 Å². The van der Waals surface area contributed by atoms with E-state index in [2.05, 4.69) is 47.3 Å². The molecule has 0 spiro atoms. The van der Waals surface area contributed by atoms with Crippen molar-refractivity contribution in [2.45, 2.75) is 219 Å². The van der Waals surface area contributed by atoms with E-state index in [0.29, 0.717) is 43.6 Å². The van der Waals surface area contributed by atoms with Crippen LogP contribution in [0.3, 0.4) is 0 Å². The van der Waals surface area contributed by atoms with Crippen LogP contribution >= 0.6 is 0 Å². The highest BCUT2D eigenvalue weighted by Gasteiger charge is 2.23. The monoisotopic (exact) mass is 907 g/mol. The lowest BCUT2D eigenvalue weighted by Gasteiger charge is -2.22. The van der Waals surface area contributed by atoms with Crippen molar-refractivity contribution in [1.82, 2.24) is 4.98 Å². The number of pyridine rings is 1. The summed E-state index contributed by atoms with van der Waals surface area (Å²) in [6.07, 6.45) is 39.6. The third kappa shape index (κ3) is 36.7. The molecular weight excluding hydrogens is 821 g/mol. The molecule has 13 heteroatoms. The lowest BCUT2D eigenvalue weighted by molar-refractivity contribution is -0.152. The third-order valence-corrected chi connectivity index (χ3v) is 11.3. The molecule has 1 aromatic heterocycles. The number of hydrogen-bond acceptors (Lipinski definition) is 10. The standard InChI is InChI=1S/C50H86N2O10S/c1-4-6-8-10-12-14-16-18-20-22-24-26-28-30-32-40-48(53)59-43-46(44-60-49(54)41-33-31-29-27-25-23-21-19-17-15-13-11-9-7-5-2)62-50(55)52(3)47-39-36-38-45(51-47)37-34-35-42-61-63(56,57)58/h18-21,36,38-39,46H,4-17,22-35,37,40-44H2,1-3H3,(H,56,57,58)/b20-18+,21-19+. The molecule has 0 radical (unpaired) electrons. The predicted molar refractivity (Wildman–Crippen MR) is 254 cm³/mol. The van der Waals surface area contributed by atoms with Gasteiger partial charge in [-0.1, -0.05) is 147 Å². The van der Waals surface area contributed by atoms with Gasteiger partial charge in [0.25, 0.3) is 0 Å². The highest BCUT2D eigenvalue weighted by atomic mass is 32.3. The fourth-order valence-corrected chi connectivity index (χ4v) is 7.32. The van der Waals surface area contributed by atoms with Gasteiger partial charge in [-0.3, -0.25) is 19.0 Å². The maximum atomic E-state index is 13.3. The van der Waals surface area contributed by atoms with Crippen molar-refractivity contribution < 1.29 is 45.7 Å². The summed E-state index contributed by atoms with van der Waals surface area (Å²) in [6, 6.07) is 5.16. The van der Waals surface area contributed by atoms with Crippen molar-refractivity contribution in [3.05, 3.63) is 48.2 Å². The highest BCUT2D eigenvalue weighted by molar-refractivity contribution is 7.80. The molecule has 1 heterocycles. The Morgan fingerprint density at radius 2 is 1.05 bits per heavy atom. The van der Waals surface area contributed by atoms with E-state index in [0.717, 1.165) is 64.2 Å². The van der Waals surface area contributed by atoms with E-state index in [1.807, 2.05) is 0 Å². The second kappa shape index (κ2) is 40.2. The summed E-state index contributed by atoms with van der Waals surface area (Å²) in [5.41, 5.74) is 0.657. The van der Waals surface area contributed by atoms with Crippen LogP contribution in [0.2, 0.25) is 0 Å². The van der Waals surface area contributed by atoms with Crippen LogP contribution in [0.5, 0.6) is 0 Å². The predicted octanol–water partition coefficient (Wildman–Crippen LogP) is 13.3. The molecule has 1 N–H and O–H groups in total. The van der Waals surface area contributed by atoms with Crippen LogP contribution in [0, 0.1) is 0 Å². The molecule has 63 heavy (non-hydrogen) atoms. The Hall–Kier alpha value is -3.29. The SMILES string of the molecule is CCCCCCCC/C=C/CCCCCCCC(=O)OCC(COC(=O)CCCCCCC/C=C/CCCCCCCC)OC(=O)N(C)c1cccc(CCCCOS(=O)(=O)O)n1. The number of rotatable bonds is 42. The zero-order chi connectivity index (χ0) is 46.1. The van der Waals surface area contributed by atoms with Gasteiger partial charge in [-0.2, -0.15) is 8.42 Å². The number of anilines is 1. The molecule has 0 atom stereocenters. The highest BCUT2D eigenvalue weighted by Crippen LogP contribution is 2.16. The van der Waals surface area contributed by atoms with Crippen molar-refractivity contribution in [2.24, 2.45) is 0 Å². The summed E-state index contributed by atoms with van der Waals surface area (Å²) in [7, 11) is -2.98. The third-order valence-electron chi connectivity index (χ3n) is 10.9. The minimum Gasteiger partial charge on any atom is -0.462 e. The Labute approximate surface area is 382 Å². The fraction of sp³-hybridized carbons (Fsp3) is 0.760. The lowest BCUT2D eigenvalue weighted by atomic mass is 10.1. The van der Waals surface area contributed by atoms with E-state index in [1.165, 1.54) is 102 Å². The zero-order valence-corrected chi connectivity index (χ0v) is 40.4. The molecule has 0 aliphatic heterocycles. The van der Waals surface area contributed by atoms with Crippen molar-refractivity contribution in [3.8, 4) is 0 Å². The van der Waals surface area contributed by atoms with E-state index < -0.39 is 34.5 Å². The normalized spacial score (nSPS) is 11.8. The molecule has 0 saturated heterocycles. The Morgan fingerprint density at radius 3 is 1.49 bits per heavy atom. The van der Waals surface area contributed by atoms with Gasteiger partial charge in [-0.25, -0.2) is 14.0 Å². The Balaban J connectivity index is 2.51. The van der Waals surface area contributed by atoms with Crippen molar-refractivity contribution in [2.75, 3.05) is 31.8 Å². The van der Waals surface area contributed by atoms with Crippen LogP contribution in [0.15, 0.2) is 42.5 Å². The molecular formula is C50H86N2O10S. The topological polar surface area (TPSA) is 159 Å². The molecule has 362 valence electrons. The summed E-state index contributed by atoms with van der Waals surface area (Å²) in [5.74, 6) is -0.469. The number of unbranched alkanes of at least 4 members (excludes halogenated alkanes) is 23. The number of aromatic nitrogens is 1. The van der Waals surface area contributed by atoms with E-state index in [-0.39, 0.29) is 32.7 Å². The first-order valence-electron chi connectivity index (χ1n) is 24.7. The van der Waals surface area contributed by atoms with Crippen LogP contribution < -0.4 is 4.90 Å². The van der Waals surface area contributed by atoms with Crippen molar-refractivity contribution in [1.29, 1.82) is 0 Å². The minimum absolute atomic E-state index is 0.156. The van der Waals surface area contributed by atoms with Gasteiger partial charge in [0.2, 0.25) is 0 Å². The van der Waals surface area contributed by atoms with Gasteiger partial charge in [0, 0.05) is 25.6 Å². The van der Waals surface area contributed by atoms with Crippen LogP contribution in [0.4, 0.5) is 10.6 Å². The maximum absolute atomic E-state index is 13.3. The number of ether oxygens (including phenoxy) is 3. The van der Waals surface area contributed by atoms with Gasteiger partial charge in [-0.05, 0) is 95.6 Å². The average Bonchev–Trinajstić information content (AvgIpc) is 3.26. The van der Waals surface area contributed by atoms with Gasteiger partial charge in [-0.15, -0.1) is 0 Å². The Morgan fingerprint density at radius 1 is 0.619 bits per heavy atom.